The number of nitrogens with zero attached hydrogens (tertiary/aromatic N) is 1. The van der Waals surface area contributed by atoms with Gasteiger partial charge in [-0.25, -0.2) is 4.39 Å². The molecule has 0 amide bonds. The lowest BCUT2D eigenvalue weighted by Gasteiger charge is -2.30. The number of hydrogen-bond acceptors (Lipinski definition) is 2. The lowest BCUT2D eigenvalue weighted by Crippen LogP contribution is -2.43. The smallest absolute Gasteiger partial charge is 0.139 e. The maximum absolute atomic E-state index is 13.2. The molecule has 0 aliphatic carbocycles. The van der Waals surface area contributed by atoms with Gasteiger partial charge < -0.3 is 10.2 Å². The molecule has 1 aromatic rings. The van der Waals surface area contributed by atoms with Crippen molar-refractivity contribution < 1.29 is 4.39 Å². The van der Waals surface area contributed by atoms with Crippen molar-refractivity contribution in [2.24, 2.45) is 0 Å². The molecule has 4 heteroatoms. The lowest BCUT2D eigenvalue weighted by atomic mass is 10.2. The van der Waals surface area contributed by atoms with Crippen molar-refractivity contribution in [1.82, 2.24) is 5.32 Å². The van der Waals surface area contributed by atoms with Crippen LogP contribution in [0.15, 0.2) is 22.7 Å². The number of nitrogens with one attached hydrogen (secondary N) is 1. The van der Waals surface area contributed by atoms with E-state index in [0.29, 0.717) is 4.47 Å². The van der Waals surface area contributed by atoms with Crippen LogP contribution in [0, 0.1) is 5.82 Å². The summed E-state index contributed by atoms with van der Waals surface area (Å²) >= 11 is 3.28. The van der Waals surface area contributed by atoms with Gasteiger partial charge >= 0.3 is 0 Å². The Kier molecular flexibility index (Phi) is 3.03. The second-order valence-electron chi connectivity index (χ2n) is 3.31. The lowest BCUT2D eigenvalue weighted by molar-refractivity contribution is 0.582. The summed E-state index contributed by atoms with van der Waals surface area (Å²) in [4.78, 5) is 2.18. The summed E-state index contributed by atoms with van der Waals surface area (Å²) in [6.07, 6.45) is 0. The zero-order valence-electron chi connectivity index (χ0n) is 7.76. The van der Waals surface area contributed by atoms with Crippen LogP contribution in [0.4, 0.5) is 10.1 Å². The normalized spacial score (nSPS) is 17.1. The third-order valence-electron chi connectivity index (χ3n) is 2.39. The zero-order chi connectivity index (χ0) is 9.97. The standard InChI is InChI=1S/C10H12BrFN2/c11-10-8(12)2-1-3-9(10)14-6-4-13-5-7-14/h1-3,13H,4-7H2. The summed E-state index contributed by atoms with van der Waals surface area (Å²) in [6.45, 7) is 3.79. The van der Waals surface area contributed by atoms with E-state index in [1.54, 1.807) is 6.07 Å². The quantitative estimate of drug-likeness (QED) is 0.829. The molecule has 76 valence electrons. The fourth-order valence-corrected chi connectivity index (χ4v) is 2.16. The third kappa shape index (κ3) is 1.91. The molecule has 14 heavy (non-hydrogen) atoms. The van der Waals surface area contributed by atoms with Gasteiger partial charge in [-0.3, -0.25) is 0 Å². The highest BCUT2D eigenvalue weighted by Gasteiger charge is 2.14. The van der Waals surface area contributed by atoms with Gasteiger partial charge in [0.15, 0.2) is 0 Å². The van der Waals surface area contributed by atoms with Crippen molar-refractivity contribution in [2.45, 2.75) is 0 Å². The number of benzene rings is 1. The fraction of sp³-hybridized carbons (Fsp3) is 0.400. The van der Waals surface area contributed by atoms with Gasteiger partial charge in [-0.05, 0) is 28.1 Å². The molecule has 0 atom stereocenters. The topological polar surface area (TPSA) is 15.3 Å². The molecular weight excluding hydrogens is 247 g/mol. The van der Waals surface area contributed by atoms with Gasteiger partial charge in [0, 0.05) is 26.2 Å². The third-order valence-corrected chi connectivity index (χ3v) is 3.17. The van der Waals surface area contributed by atoms with Crippen LogP contribution in [-0.4, -0.2) is 26.2 Å². The van der Waals surface area contributed by atoms with E-state index in [2.05, 4.69) is 26.1 Å². The van der Waals surface area contributed by atoms with E-state index >= 15 is 0 Å². The van der Waals surface area contributed by atoms with Crippen molar-refractivity contribution in [1.29, 1.82) is 0 Å². The Labute approximate surface area is 91.2 Å². The minimum atomic E-state index is -0.193. The number of hydrogen-bond donors (Lipinski definition) is 1. The van der Waals surface area contributed by atoms with Crippen molar-refractivity contribution >= 4 is 21.6 Å². The van der Waals surface area contributed by atoms with Gasteiger partial charge in [0.2, 0.25) is 0 Å². The van der Waals surface area contributed by atoms with E-state index in [0.717, 1.165) is 31.9 Å². The first-order valence-corrected chi connectivity index (χ1v) is 5.48. The van der Waals surface area contributed by atoms with Gasteiger partial charge in [-0.2, -0.15) is 0 Å². The Morgan fingerprint density at radius 3 is 2.71 bits per heavy atom. The van der Waals surface area contributed by atoms with Crippen molar-refractivity contribution in [3.8, 4) is 0 Å². The minimum Gasteiger partial charge on any atom is -0.368 e. The molecule has 2 rings (SSSR count). The van der Waals surface area contributed by atoms with E-state index in [-0.39, 0.29) is 5.82 Å². The largest absolute Gasteiger partial charge is 0.368 e. The summed E-state index contributed by atoms with van der Waals surface area (Å²) in [6, 6.07) is 5.16. The molecular formula is C10H12BrFN2. The molecule has 0 saturated carbocycles. The van der Waals surface area contributed by atoms with Gasteiger partial charge in [0.1, 0.15) is 5.82 Å². The van der Waals surface area contributed by atoms with Crippen LogP contribution in [0.3, 0.4) is 0 Å². The first kappa shape index (κ1) is 9.93. The van der Waals surface area contributed by atoms with E-state index in [1.807, 2.05) is 6.07 Å². The van der Waals surface area contributed by atoms with Crippen LogP contribution in [0.1, 0.15) is 0 Å². The minimum absolute atomic E-state index is 0.193. The maximum atomic E-state index is 13.2. The zero-order valence-corrected chi connectivity index (χ0v) is 9.35. The Bertz CT molecular complexity index is 324. The van der Waals surface area contributed by atoms with Crippen molar-refractivity contribution in [2.75, 3.05) is 31.1 Å². The monoisotopic (exact) mass is 258 g/mol. The second-order valence-corrected chi connectivity index (χ2v) is 4.10. The second kappa shape index (κ2) is 4.28. The molecule has 0 unspecified atom stereocenters. The molecule has 2 nitrogen and oxygen atoms in total. The summed E-state index contributed by atoms with van der Waals surface area (Å²) < 4.78 is 13.8. The predicted molar refractivity (Wildman–Crippen MR) is 59.2 cm³/mol. The van der Waals surface area contributed by atoms with Crippen molar-refractivity contribution in [3.63, 3.8) is 0 Å². The predicted octanol–water partition coefficient (Wildman–Crippen LogP) is 2.00. The Hall–Kier alpha value is -0.610. The summed E-state index contributed by atoms with van der Waals surface area (Å²) in [7, 11) is 0. The first-order valence-electron chi connectivity index (χ1n) is 4.69. The highest BCUT2D eigenvalue weighted by Crippen LogP contribution is 2.28. The molecule has 1 heterocycles. The van der Waals surface area contributed by atoms with Crippen LogP contribution in [0.25, 0.3) is 0 Å². The Balaban J connectivity index is 2.26. The molecule has 1 aliphatic heterocycles. The number of anilines is 1. The average molecular weight is 259 g/mol. The van der Waals surface area contributed by atoms with E-state index in [9.17, 15) is 4.39 Å². The summed E-state index contributed by atoms with van der Waals surface area (Å²) in [5.41, 5.74) is 0.950. The molecule has 1 aromatic carbocycles. The maximum Gasteiger partial charge on any atom is 0.139 e. The number of rotatable bonds is 1. The van der Waals surface area contributed by atoms with Gasteiger partial charge in [0.25, 0.3) is 0 Å². The average Bonchev–Trinajstić information content (AvgIpc) is 2.23. The number of halogens is 2. The van der Waals surface area contributed by atoms with Gasteiger partial charge in [-0.15, -0.1) is 0 Å². The van der Waals surface area contributed by atoms with Crippen LogP contribution >= 0.6 is 15.9 Å². The van der Waals surface area contributed by atoms with E-state index < -0.39 is 0 Å². The van der Waals surface area contributed by atoms with Crippen LogP contribution in [-0.2, 0) is 0 Å². The summed E-state index contributed by atoms with van der Waals surface area (Å²) in [5, 5.41) is 3.27. The van der Waals surface area contributed by atoms with E-state index in [4.69, 9.17) is 0 Å². The van der Waals surface area contributed by atoms with Gasteiger partial charge in [-0.1, -0.05) is 6.07 Å². The molecule has 0 spiro atoms. The Morgan fingerprint density at radius 2 is 2.00 bits per heavy atom. The van der Waals surface area contributed by atoms with Crippen LogP contribution in [0.2, 0.25) is 0 Å². The molecule has 1 N–H and O–H groups in total. The molecule has 0 aromatic heterocycles. The highest BCUT2D eigenvalue weighted by atomic mass is 79.9. The highest BCUT2D eigenvalue weighted by molar-refractivity contribution is 9.10. The Morgan fingerprint density at radius 1 is 1.29 bits per heavy atom. The van der Waals surface area contributed by atoms with Crippen molar-refractivity contribution in [3.05, 3.63) is 28.5 Å². The van der Waals surface area contributed by atoms with Gasteiger partial charge in [0.05, 0.1) is 10.2 Å². The van der Waals surface area contributed by atoms with Crippen LogP contribution < -0.4 is 10.2 Å². The SMILES string of the molecule is Fc1cccc(N2CCNCC2)c1Br. The summed E-state index contributed by atoms with van der Waals surface area (Å²) in [5.74, 6) is -0.193. The number of piperazine rings is 1. The molecule has 0 radical (unpaired) electrons. The molecule has 1 saturated heterocycles. The molecule has 1 fully saturated rings. The van der Waals surface area contributed by atoms with Crippen LogP contribution in [0.5, 0.6) is 0 Å². The fourth-order valence-electron chi connectivity index (χ4n) is 1.64. The van der Waals surface area contributed by atoms with E-state index in [1.165, 1.54) is 6.07 Å². The first-order chi connectivity index (χ1) is 6.79. The molecule has 0 bridgehead atoms. The molecule has 1 aliphatic rings.